The number of hydrogen-bond donors (Lipinski definition) is 2. The largest absolute Gasteiger partial charge is 0.489 e. The fraction of sp³-hybridized carbons (Fsp3) is 0.500. The van der Waals surface area contributed by atoms with Gasteiger partial charge in [0, 0.05) is 31.5 Å². The third-order valence-electron chi connectivity index (χ3n) is 3.19. The molecule has 19 heavy (non-hydrogen) atoms. The monoisotopic (exact) mass is 261 g/mol. The summed E-state index contributed by atoms with van der Waals surface area (Å²) in [6.45, 7) is 5.43. The Morgan fingerprint density at radius 2 is 2.05 bits per heavy atom. The number of likely N-dealkylation sites (N-methyl/N-ethyl adjacent to an activating group) is 1. The van der Waals surface area contributed by atoms with E-state index in [1.807, 2.05) is 12.1 Å². The lowest BCUT2D eigenvalue weighted by Crippen LogP contribution is -2.16. The van der Waals surface area contributed by atoms with Crippen molar-refractivity contribution in [3.8, 4) is 11.5 Å². The highest BCUT2D eigenvalue weighted by atomic mass is 16.5. The first-order valence-electron chi connectivity index (χ1n) is 6.86. The van der Waals surface area contributed by atoms with Crippen molar-refractivity contribution in [1.29, 1.82) is 0 Å². The predicted octanol–water partition coefficient (Wildman–Crippen LogP) is 1.88. The van der Waals surface area contributed by atoms with Gasteiger partial charge in [0.2, 0.25) is 0 Å². The molecule has 0 saturated carbocycles. The SMILES string of the molecule is CCNCCc1nc2cc3c(cc2[nH]1)OCCCO3. The molecule has 2 N–H and O–H groups in total. The molecule has 5 nitrogen and oxygen atoms in total. The van der Waals surface area contributed by atoms with Crippen molar-refractivity contribution in [2.75, 3.05) is 26.3 Å². The van der Waals surface area contributed by atoms with Gasteiger partial charge in [0.25, 0.3) is 0 Å². The Hall–Kier alpha value is -1.75. The van der Waals surface area contributed by atoms with E-state index in [0.29, 0.717) is 13.2 Å². The fourth-order valence-electron chi connectivity index (χ4n) is 2.22. The highest BCUT2D eigenvalue weighted by Crippen LogP contribution is 2.33. The average molecular weight is 261 g/mol. The maximum atomic E-state index is 5.68. The van der Waals surface area contributed by atoms with E-state index < -0.39 is 0 Å². The van der Waals surface area contributed by atoms with Crippen LogP contribution in [-0.2, 0) is 6.42 Å². The van der Waals surface area contributed by atoms with Gasteiger partial charge in [0.05, 0.1) is 24.2 Å². The van der Waals surface area contributed by atoms with Crippen LogP contribution in [0.15, 0.2) is 12.1 Å². The second kappa shape index (κ2) is 5.48. The summed E-state index contributed by atoms with van der Waals surface area (Å²) in [5.74, 6) is 2.61. The Balaban J connectivity index is 1.86. The molecule has 0 aliphatic carbocycles. The van der Waals surface area contributed by atoms with E-state index in [1.165, 1.54) is 0 Å². The van der Waals surface area contributed by atoms with Crippen molar-refractivity contribution < 1.29 is 9.47 Å². The number of H-pyrrole nitrogens is 1. The van der Waals surface area contributed by atoms with E-state index in [1.54, 1.807) is 0 Å². The summed E-state index contributed by atoms with van der Waals surface area (Å²) < 4.78 is 11.4. The number of benzene rings is 1. The molecule has 2 heterocycles. The molecule has 1 aromatic heterocycles. The molecule has 5 heteroatoms. The summed E-state index contributed by atoms with van der Waals surface area (Å²) >= 11 is 0. The zero-order valence-electron chi connectivity index (χ0n) is 11.2. The van der Waals surface area contributed by atoms with Crippen molar-refractivity contribution in [2.45, 2.75) is 19.8 Å². The van der Waals surface area contributed by atoms with Crippen LogP contribution in [0.1, 0.15) is 19.2 Å². The van der Waals surface area contributed by atoms with Crippen LogP contribution in [0.25, 0.3) is 11.0 Å². The molecule has 0 unspecified atom stereocenters. The summed E-state index contributed by atoms with van der Waals surface area (Å²) in [5.41, 5.74) is 1.95. The molecule has 2 aromatic rings. The number of imidazole rings is 1. The van der Waals surface area contributed by atoms with E-state index in [0.717, 1.165) is 54.3 Å². The third-order valence-corrected chi connectivity index (χ3v) is 3.19. The number of ether oxygens (including phenoxy) is 2. The van der Waals surface area contributed by atoms with Crippen LogP contribution in [0.4, 0.5) is 0 Å². The summed E-state index contributed by atoms with van der Waals surface area (Å²) in [7, 11) is 0. The molecule has 0 amide bonds. The molecular formula is C14H19N3O2. The molecule has 1 aromatic carbocycles. The van der Waals surface area contributed by atoms with E-state index in [9.17, 15) is 0 Å². The number of rotatable bonds is 4. The summed E-state index contributed by atoms with van der Waals surface area (Å²) in [4.78, 5) is 7.93. The van der Waals surface area contributed by atoms with Gasteiger partial charge in [-0.25, -0.2) is 4.98 Å². The van der Waals surface area contributed by atoms with Crippen molar-refractivity contribution in [2.24, 2.45) is 0 Å². The first kappa shape index (κ1) is 12.3. The van der Waals surface area contributed by atoms with Crippen molar-refractivity contribution >= 4 is 11.0 Å². The highest BCUT2D eigenvalue weighted by molar-refractivity contribution is 5.79. The maximum Gasteiger partial charge on any atom is 0.163 e. The smallest absolute Gasteiger partial charge is 0.163 e. The van der Waals surface area contributed by atoms with Crippen LogP contribution in [-0.4, -0.2) is 36.3 Å². The molecule has 3 rings (SSSR count). The second-order valence-corrected chi connectivity index (χ2v) is 4.65. The van der Waals surface area contributed by atoms with Crippen LogP contribution in [0.2, 0.25) is 0 Å². The van der Waals surface area contributed by atoms with Gasteiger partial charge in [-0.05, 0) is 6.54 Å². The molecule has 0 bridgehead atoms. The number of aromatic amines is 1. The Bertz CT molecular complexity index is 522. The topological polar surface area (TPSA) is 59.2 Å². The van der Waals surface area contributed by atoms with Crippen LogP contribution in [0.3, 0.4) is 0 Å². The lowest BCUT2D eigenvalue weighted by Gasteiger charge is -2.05. The molecule has 0 saturated heterocycles. The van der Waals surface area contributed by atoms with Gasteiger partial charge >= 0.3 is 0 Å². The molecule has 0 spiro atoms. The summed E-state index contributed by atoms with van der Waals surface area (Å²) in [6, 6.07) is 3.95. The molecule has 0 radical (unpaired) electrons. The standard InChI is InChI=1S/C14H19N3O2/c1-2-15-5-4-14-16-10-8-12-13(9-11(10)17-14)19-7-3-6-18-12/h8-9,15H,2-7H2,1H3,(H,16,17). The number of hydrogen-bond acceptors (Lipinski definition) is 4. The first-order chi connectivity index (χ1) is 9.36. The van der Waals surface area contributed by atoms with Crippen molar-refractivity contribution in [3.63, 3.8) is 0 Å². The van der Waals surface area contributed by atoms with Crippen LogP contribution < -0.4 is 14.8 Å². The van der Waals surface area contributed by atoms with Gasteiger partial charge in [-0.2, -0.15) is 0 Å². The molecule has 1 aliphatic rings. The highest BCUT2D eigenvalue weighted by Gasteiger charge is 2.13. The number of nitrogens with one attached hydrogen (secondary N) is 2. The number of aromatic nitrogens is 2. The Labute approximate surface area is 112 Å². The van der Waals surface area contributed by atoms with Gasteiger partial charge in [0.1, 0.15) is 5.82 Å². The van der Waals surface area contributed by atoms with Gasteiger partial charge in [-0.15, -0.1) is 0 Å². The van der Waals surface area contributed by atoms with Gasteiger partial charge < -0.3 is 19.8 Å². The first-order valence-corrected chi connectivity index (χ1v) is 6.86. The van der Waals surface area contributed by atoms with Crippen LogP contribution in [0, 0.1) is 0 Å². The van der Waals surface area contributed by atoms with Crippen molar-refractivity contribution in [1.82, 2.24) is 15.3 Å². The van der Waals surface area contributed by atoms with Gasteiger partial charge in [0.15, 0.2) is 11.5 Å². The van der Waals surface area contributed by atoms with E-state index >= 15 is 0 Å². The third kappa shape index (κ3) is 2.66. The molecule has 1 aliphatic heterocycles. The second-order valence-electron chi connectivity index (χ2n) is 4.65. The van der Waals surface area contributed by atoms with Crippen molar-refractivity contribution in [3.05, 3.63) is 18.0 Å². The van der Waals surface area contributed by atoms with E-state index in [4.69, 9.17) is 9.47 Å². The van der Waals surface area contributed by atoms with E-state index in [2.05, 4.69) is 22.2 Å². The average Bonchev–Trinajstić information content (AvgIpc) is 2.65. The Morgan fingerprint density at radius 3 is 2.84 bits per heavy atom. The zero-order chi connectivity index (χ0) is 13.1. The summed E-state index contributed by atoms with van der Waals surface area (Å²) in [6.07, 6.45) is 1.82. The van der Waals surface area contributed by atoms with Gasteiger partial charge in [-0.3, -0.25) is 0 Å². The van der Waals surface area contributed by atoms with E-state index in [-0.39, 0.29) is 0 Å². The lowest BCUT2D eigenvalue weighted by molar-refractivity contribution is 0.297. The van der Waals surface area contributed by atoms with Crippen LogP contribution >= 0.6 is 0 Å². The maximum absolute atomic E-state index is 5.68. The quantitative estimate of drug-likeness (QED) is 0.825. The number of nitrogens with zero attached hydrogens (tertiary/aromatic N) is 1. The minimum absolute atomic E-state index is 0.705. The van der Waals surface area contributed by atoms with Gasteiger partial charge in [-0.1, -0.05) is 6.92 Å². The molecule has 0 atom stereocenters. The minimum atomic E-state index is 0.705. The molecular weight excluding hydrogens is 242 g/mol. The number of fused-ring (bicyclic) bond motifs is 2. The Kier molecular flexibility index (Phi) is 3.55. The molecule has 102 valence electrons. The van der Waals surface area contributed by atoms with Crippen LogP contribution in [0.5, 0.6) is 11.5 Å². The lowest BCUT2D eigenvalue weighted by atomic mass is 10.3. The normalized spacial score (nSPS) is 14.6. The Morgan fingerprint density at radius 1 is 1.26 bits per heavy atom. The molecule has 0 fully saturated rings. The zero-order valence-corrected chi connectivity index (χ0v) is 11.2. The fourth-order valence-corrected chi connectivity index (χ4v) is 2.22. The summed E-state index contributed by atoms with van der Waals surface area (Å²) in [5, 5.41) is 3.30. The minimum Gasteiger partial charge on any atom is -0.489 e. The predicted molar refractivity (Wildman–Crippen MR) is 73.9 cm³/mol.